The topological polar surface area (TPSA) is 49.4 Å². The van der Waals surface area contributed by atoms with E-state index in [1.807, 2.05) is 41.5 Å². The van der Waals surface area contributed by atoms with E-state index >= 15 is 0 Å². The number of hydrogen-bond acceptors (Lipinski definition) is 4. The predicted octanol–water partition coefficient (Wildman–Crippen LogP) is 2.85. The summed E-state index contributed by atoms with van der Waals surface area (Å²) in [5.41, 5.74) is -0.333. The third-order valence-corrected chi connectivity index (χ3v) is 0.910. The molecule has 0 fully saturated rings. The molecule has 0 saturated heterocycles. The molecule has 0 saturated carbocycles. The summed E-state index contributed by atoms with van der Waals surface area (Å²) in [4.78, 5) is 8.00. The van der Waals surface area contributed by atoms with E-state index in [2.05, 4.69) is 32.2 Å². The van der Waals surface area contributed by atoms with Gasteiger partial charge in [0.1, 0.15) is 12.0 Å². The Bertz CT molecular complexity index is 257. The molecule has 0 amide bonds. The van der Waals surface area contributed by atoms with Crippen LogP contribution in [0.15, 0.2) is 20.2 Å². The van der Waals surface area contributed by atoms with E-state index in [0.29, 0.717) is 0 Å². The summed E-state index contributed by atoms with van der Waals surface area (Å²) in [6, 6.07) is 4.94. The standard InChI is InChI=1S/C10H18N4/c1-9(2,3)11-7-13-14-8-12-10(4,5)6/h1-6H3. The normalized spacial score (nSPS) is 11.0. The summed E-state index contributed by atoms with van der Waals surface area (Å²) in [5, 5.41) is 7.13. The highest BCUT2D eigenvalue weighted by Crippen LogP contribution is 2.04. The second kappa shape index (κ2) is 4.85. The first kappa shape index (κ1) is 12.8. The maximum Gasteiger partial charge on any atom is 0.118 e. The summed E-state index contributed by atoms with van der Waals surface area (Å²) in [6.07, 6.45) is 0. The van der Waals surface area contributed by atoms with E-state index in [-0.39, 0.29) is 11.1 Å². The molecule has 0 unspecified atom stereocenters. The van der Waals surface area contributed by atoms with E-state index in [1.165, 1.54) is 0 Å². The van der Waals surface area contributed by atoms with Gasteiger partial charge >= 0.3 is 0 Å². The Labute approximate surface area is 85.6 Å². The molecule has 4 nitrogen and oxygen atoms in total. The van der Waals surface area contributed by atoms with Crippen LogP contribution in [0.25, 0.3) is 0 Å². The minimum Gasteiger partial charge on any atom is -0.218 e. The molecule has 0 radical (unpaired) electrons. The Morgan fingerprint density at radius 3 is 1.14 bits per heavy atom. The van der Waals surface area contributed by atoms with Gasteiger partial charge in [0.2, 0.25) is 0 Å². The molecule has 0 bridgehead atoms. The Balaban J connectivity index is 4.33. The number of hydrogen-bond donors (Lipinski definition) is 0. The highest BCUT2D eigenvalue weighted by molar-refractivity contribution is 5.46. The highest BCUT2D eigenvalue weighted by Gasteiger charge is 2.04. The van der Waals surface area contributed by atoms with Gasteiger partial charge in [-0.05, 0) is 41.5 Å². The Kier molecular flexibility index (Phi) is 4.42. The van der Waals surface area contributed by atoms with Crippen LogP contribution in [0.4, 0.5) is 0 Å². The third kappa shape index (κ3) is 10.8. The van der Waals surface area contributed by atoms with Crippen LogP contribution in [0.2, 0.25) is 0 Å². The van der Waals surface area contributed by atoms with E-state index in [1.54, 1.807) is 0 Å². The second-order valence-corrected chi connectivity index (χ2v) is 4.97. The lowest BCUT2D eigenvalue weighted by atomic mass is 10.1. The molecule has 0 aliphatic carbocycles. The molecule has 0 aromatic carbocycles. The van der Waals surface area contributed by atoms with Crippen molar-refractivity contribution in [1.82, 2.24) is 0 Å². The van der Waals surface area contributed by atoms with E-state index in [9.17, 15) is 0 Å². The van der Waals surface area contributed by atoms with Crippen LogP contribution in [-0.4, -0.2) is 23.1 Å². The molecule has 0 aromatic rings. The van der Waals surface area contributed by atoms with E-state index in [4.69, 9.17) is 0 Å². The van der Waals surface area contributed by atoms with Crippen molar-refractivity contribution in [3.63, 3.8) is 0 Å². The largest absolute Gasteiger partial charge is 0.218 e. The van der Waals surface area contributed by atoms with Gasteiger partial charge in [0.05, 0.1) is 11.1 Å². The van der Waals surface area contributed by atoms with Crippen molar-refractivity contribution >= 4 is 12.0 Å². The molecule has 0 spiro atoms. The summed E-state index contributed by atoms with van der Waals surface area (Å²) in [7, 11) is 0. The predicted molar refractivity (Wildman–Crippen MR) is 59.2 cm³/mol. The van der Waals surface area contributed by atoms with Crippen molar-refractivity contribution < 1.29 is 0 Å². The fraction of sp³-hybridized carbons (Fsp3) is 0.800. The molecule has 78 valence electrons. The molecule has 0 aromatic heterocycles. The molecular weight excluding hydrogens is 176 g/mol. The van der Waals surface area contributed by atoms with Crippen LogP contribution in [0, 0.1) is 0 Å². The Morgan fingerprint density at radius 2 is 0.929 bits per heavy atom. The first-order valence-electron chi connectivity index (χ1n) is 4.54. The molecule has 0 atom stereocenters. The minimum atomic E-state index is -0.166. The average Bonchev–Trinajstić information content (AvgIpc) is 1.92. The van der Waals surface area contributed by atoms with Crippen LogP contribution in [0.1, 0.15) is 41.5 Å². The molecule has 4 heteroatoms. The Morgan fingerprint density at radius 1 is 0.643 bits per heavy atom. The van der Waals surface area contributed by atoms with Crippen LogP contribution < -0.4 is 0 Å². The first-order chi connectivity index (χ1) is 6.21. The maximum absolute atomic E-state index is 4.00. The van der Waals surface area contributed by atoms with Crippen molar-refractivity contribution in [2.45, 2.75) is 52.6 Å². The fourth-order valence-electron chi connectivity index (χ4n) is 0.389. The maximum atomic E-state index is 4.00. The van der Waals surface area contributed by atoms with Crippen molar-refractivity contribution in [3.8, 4) is 0 Å². The quantitative estimate of drug-likeness (QED) is 0.455. The van der Waals surface area contributed by atoms with Crippen LogP contribution >= 0.6 is 0 Å². The first-order valence-corrected chi connectivity index (χ1v) is 4.54. The molecule has 14 heavy (non-hydrogen) atoms. The van der Waals surface area contributed by atoms with Crippen molar-refractivity contribution in [3.05, 3.63) is 0 Å². The van der Waals surface area contributed by atoms with Gasteiger partial charge in [0.25, 0.3) is 0 Å². The van der Waals surface area contributed by atoms with Crippen LogP contribution in [0.3, 0.4) is 0 Å². The highest BCUT2D eigenvalue weighted by atomic mass is 15.2. The van der Waals surface area contributed by atoms with Crippen molar-refractivity contribution in [1.29, 1.82) is 0 Å². The van der Waals surface area contributed by atoms with Gasteiger partial charge in [-0.25, -0.2) is 9.98 Å². The van der Waals surface area contributed by atoms with Crippen LogP contribution in [0.5, 0.6) is 0 Å². The molecule has 0 heterocycles. The van der Waals surface area contributed by atoms with Crippen molar-refractivity contribution in [2.75, 3.05) is 0 Å². The minimum absolute atomic E-state index is 0.166. The summed E-state index contributed by atoms with van der Waals surface area (Å²) >= 11 is 0. The van der Waals surface area contributed by atoms with E-state index in [0.717, 1.165) is 0 Å². The Hall–Kier alpha value is -1.24. The smallest absolute Gasteiger partial charge is 0.118 e. The zero-order chi connectivity index (χ0) is 11.2. The summed E-state index contributed by atoms with van der Waals surface area (Å²) in [5.74, 6) is 0. The van der Waals surface area contributed by atoms with E-state index < -0.39 is 0 Å². The summed E-state index contributed by atoms with van der Waals surface area (Å²) in [6.45, 7) is 11.8. The zero-order valence-electron chi connectivity index (χ0n) is 9.79. The zero-order valence-corrected chi connectivity index (χ0v) is 9.79. The number of aliphatic imine (C=N–C) groups is 2. The van der Waals surface area contributed by atoms with Gasteiger partial charge in [-0.2, -0.15) is 0 Å². The SMILES string of the molecule is CC(C)(C)N=C=NN=C=NC(C)(C)C. The monoisotopic (exact) mass is 194 g/mol. The molecule has 0 aliphatic rings. The fourth-order valence-corrected chi connectivity index (χ4v) is 0.389. The molecule has 0 rings (SSSR count). The van der Waals surface area contributed by atoms with Gasteiger partial charge in [-0.3, -0.25) is 0 Å². The molecule has 0 N–H and O–H groups in total. The van der Waals surface area contributed by atoms with Gasteiger partial charge in [0.15, 0.2) is 0 Å². The van der Waals surface area contributed by atoms with Gasteiger partial charge in [0, 0.05) is 0 Å². The molecule has 0 aliphatic heterocycles. The number of nitrogens with zero attached hydrogens (tertiary/aromatic N) is 4. The van der Waals surface area contributed by atoms with Crippen LogP contribution in [-0.2, 0) is 0 Å². The lowest BCUT2D eigenvalue weighted by Crippen LogP contribution is -2.08. The lowest BCUT2D eigenvalue weighted by molar-refractivity contribution is 0.585. The summed E-state index contributed by atoms with van der Waals surface area (Å²) < 4.78 is 0. The van der Waals surface area contributed by atoms with Gasteiger partial charge in [-0.15, -0.1) is 0 Å². The third-order valence-electron chi connectivity index (χ3n) is 0.910. The molecular formula is C10H18N4. The number of rotatable bonds is 1. The average molecular weight is 194 g/mol. The van der Waals surface area contributed by atoms with Crippen molar-refractivity contribution in [2.24, 2.45) is 20.2 Å². The lowest BCUT2D eigenvalue weighted by Gasteiger charge is -2.06. The van der Waals surface area contributed by atoms with Gasteiger partial charge < -0.3 is 0 Å². The van der Waals surface area contributed by atoms with Gasteiger partial charge in [-0.1, -0.05) is 10.2 Å². The second-order valence-electron chi connectivity index (χ2n) is 4.97.